The zero-order chi connectivity index (χ0) is 65.4. The van der Waals surface area contributed by atoms with Crippen molar-refractivity contribution in [3.05, 3.63) is 0 Å². The summed E-state index contributed by atoms with van der Waals surface area (Å²) in [5, 5.41) is 110. The number of phosphoric acid groups is 1. The van der Waals surface area contributed by atoms with E-state index >= 15 is 0 Å². The highest BCUT2D eigenvalue weighted by Crippen LogP contribution is 2.49. The lowest BCUT2D eigenvalue weighted by atomic mass is 9.84. The van der Waals surface area contributed by atoms with Crippen LogP contribution in [-0.2, 0) is 61.2 Å². The summed E-state index contributed by atoms with van der Waals surface area (Å²) in [7, 11) is -5.68. The van der Waals surface area contributed by atoms with Gasteiger partial charge in [-0.15, -0.1) is 0 Å². The molecule has 0 bridgehead atoms. The Hall–Kier alpha value is -2.04. The number of phosphoric ester groups is 1. The van der Waals surface area contributed by atoms with Crippen molar-refractivity contribution < 1.29 is 117 Å². The summed E-state index contributed by atoms with van der Waals surface area (Å²) < 4.78 is 64.7. The van der Waals surface area contributed by atoms with Crippen LogP contribution in [0.2, 0.25) is 0 Å². The zero-order valence-electron chi connectivity index (χ0n) is 54.0. The van der Waals surface area contributed by atoms with Gasteiger partial charge in [0.05, 0.1) is 13.2 Å². The minimum atomic E-state index is -5.68. The molecule has 0 radical (unpaired) electrons. The van der Waals surface area contributed by atoms with Gasteiger partial charge in [0, 0.05) is 19.3 Å². The van der Waals surface area contributed by atoms with Crippen LogP contribution in [0.3, 0.4) is 0 Å². The molecular formula is C64H119O24P. The lowest BCUT2D eigenvalue weighted by molar-refractivity contribution is -0.360. The van der Waals surface area contributed by atoms with Crippen molar-refractivity contribution in [1.82, 2.24) is 0 Å². The van der Waals surface area contributed by atoms with Crippen molar-refractivity contribution in [2.24, 2.45) is 0 Å². The van der Waals surface area contributed by atoms with Gasteiger partial charge in [-0.1, -0.05) is 220 Å². The first-order valence-corrected chi connectivity index (χ1v) is 35.8. The molecule has 2 heterocycles. The molecule has 1 saturated carbocycles. The molecule has 18 unspecified atom stereocenters. The second-order valence-electron chi connectivity index (χ2n) is 24.9. The molecule has 11 N–H and O–H groups in total. The topological polar surface area (TPSA) is 374 Å². The van der Waals surface area contributed by atoms with Crippen molar-refractivity contribution in [1.29, 1.82) is 0 Å². The monoisotopic (exact) mass is 1300 g/mol. The fourth-order valence-electron chi connectivity index (χ4n) is 11.5. The fourth-order valence-corrected chi connectivity index (χ4v) is 12.4. The molecule has 3 rings (SSSR count). The quantitative estimate of drug-likeness (QED) is 0.0122. The van der Waals surface area contributed by atoms with Crippen LogP contribution in [0.1, 0.15) is 258 Å². The Morgan fingerprint density at radius 3 is 1.10 bits per heavy atom. The molecule has 18 atom stereocenters. The first-order chi connectivity index (χ1) is 42.8. The van der Waals surface area contributed by atoms with E-state index < -0.39 is 156 Å². The maximum atomic E-state index is 14.3. The molecule has 2 saturated heterocycles. The number of carbonyl (C=O) groups excluding carboxylic acids is 3. The maximum Gasteiger partial charge on any atom is 0.472 e. The van der Waals surface area contributed by atoms with Crippen molar-refractivity contribution in [3.8, 4) is 0 Å². The number of ether oxygens (including phenoxy) is 7. The molecule has 3 fully saturated rings. The summed E-state index contributed by atoms with van der Waals surface area (Å²) in [6.45, 7) is 3.38. The first-order valence-electron chi connectivity index (χ1n) is 34.3. The molecule has 0 aromatic carbocycles. The van der Waals surface area contributed by atoms with Gasteiger partial charge in [-0.05, 0) is 19.3 Å². The summed E-state index contributed by atoms with van der Waals surface area (Å²) >= 11 is 0. The smallest absolute Gasteiger partial charge is 0.463 e. The van der Waals surface area contributed by atoms with E-state index in [-0.39, 0.29) is 19.3 Å². The molecule has 0 aromatic heterocycles. The van der Waals surface area contributed by atoms with Crippen LogP contribution >= 0.6 is 7.82 Å². The van der Waals surface area contributed by atoms with Gasteiger partial charge in [0.1, 0.15) is 98.7 Å². The van der Waals surface area contributed by atoms with Gasteiger partial charge in [0.15, 0.2) is 18.7 Å². The molecule has 3 aliphatic rings. The van der Waals surface area contributed by atoms with E-state index in [9.17, 15) is 74.9 Å². The van der Waals surface area contributed by atoms with Gasteiger partial charge in [-0.25, -0.2) is 4.57 Å². The molecular weight excluding hydrogens is 1180 g/mol. The summed E-state index contributed by atoms with van der Waals surface area (Å²) in [6, 6.07) is 0. The number of aliphatic hydroxyl groups excluding tert-OH is 10. The predicted octanol–water partition coefficient (Wildman–Crippen LogP) is 7.45. The molecule has 0 spiro atoms. The summed E-state index contributed by atoms with van der Waals surface area (Å²) in [5.74, 6) is -1.98. The van der Waals surface area contributed by atoms with Crippen LogP contribution in [-0.4, -0.2) is 204 Å². The molecule has 24 nitrogen and oxygen atoms in total. The Kier molecular flexibility index (Phi) is 43.6. The highest BCUT2D eigenvalue weighted by Gasteiger charge is 2.58. The molecule has 25 heteroatoms. The number of aliphatic hydroxyl groups is 10. The second kappa shape index (κ2) is 47.8. The average molecular weight is 1300 g/mol. The Bertz CT molecular complexity index is 1870. The third-order valence-electron chi connectivity index (χ3n) is 17.1. The normalized spacial score (nSPS) is 29.1. The van der Waals surface area contributed by atoms with Gasteiger partial charge >= 0.3 is 25.7 Å². The summed E-state index contributed by atoms with van der Waals surface area (Å²) in [5.41, 5.74) is 0. The lowest BCUT2D eigenvalue weighted by Gasteiger charge is -2.49. The van der Waals surface area contributed by atoms with E-state index in [2.05, 4.69) is 20.8 Å². The van der Waals surface area contributed by atoms with Gasteiger partial charge in [0.2, 0.25) is 0 Å². The zero-order valence-corrected chi connectivity index (χ0v) is 54.9. The van der Waals surface area contributed by atoms with Crippen LogP contribution in [0, 0.1) is 0 Å². The number of hydrogen-bond acceptors (Lipinski definition) is 23. The van der Waals surface area contributed by atoms with Crippen molar-refractivity contribution in [3.63, 3.8) is 0 Å². The van der Waals surface area contributed by atoms with Crippen molar-refractivity contribution >= 4 is 25.7 Å². The van der Waals surface area contributed by atoms with Gasteiger partial charge < -0.3 is 89.1 Å². The van der Waals surface area contributed by atoms with E-state index in [0.29, 0.717) is 19.3 Å². The third-order valence-corrected chi connectivity index (χ3v) is 18.1. The Morgan fingerprint density at radius 2 is 0.719 bits per heavy atom. The molecule has 0 amide bonds. The molecule has 89 heavy (non-hydrogen) atoms. The standard InChI is InChI=1S/C64H119O24P/c1-4-7-10-13-16-19-22-25-27-29-32-35-38-48(66)80-42-45(83-50(68)40-37-34-31-28-24-21-18-15-12-9-6-3)43-82-89(78,79)88-62-60(86-63-58(76)53(71)51(69)46(41-65)84-63)56(74)55(73)57(75)61(62)87-64-59(77)54(72)52(70)47(85-64)44-81-49(67)39-36-33-30-26-23-20-17-14-11-8-5-2/h45-47,51-65,69-77H,4-44H2,1-3H3,(H,78,79). The van der Waals surface area contributed by atoms with Crippen LogP contribution < -0.4 is 0 Å². The number of carbonyl (C=O) groups is 3. The van der Waals surface area contributed by atoms with Crippen LogP contribution in [0.25, 0.3) is 0 Å². The molecule has 0 aromatic rings. The number of hydrogen-bond donors (Lipinski definition) is 11. The highest BCUT2D eigenvalue weighted by atomic mass is 31.2. The van der Waals surface area contributed by atoms with Gasteiger partial charge in [-0.3, -0.25) is 23.4 Å². The maximum absolute atomic E-state index is 14.3. The predicted molar refractivity (Wildman–Crippen MR) is 329 cm³/mol. The van der Waals surface area contributed by atoms with E-state index in [1.165, 1.54) is 103 Å². The van der Waals surface area contributed by atoms with Gasteiger partial charge in [-0.2, -0.15) is 0 Å². The lowest BCUT2D eigenvalue weighted by Crippen LogP contribution is -2.69. The largest absolute Gasteiger partial charge is 0.472 e. The third kappa shape index (κ3) is 32.3. The second-order valence-corrected chi connectivity index (χ2v) is 26.3. The van der Waals surface area contributed by atoms with E-state index in [0.717, 1.165) is 96.3 Å². The van der Waals surface area contributed by atoms with Crippen LogP contribution in [0.4, 0.5) is 0 Å². The van der Waals surface area contributed by atoms with Crippen molar-refractivity contribution in [2.45, 2.75) is 362 Å². The van der Waals surface area contributed by atoms with E-state index in [1.807, 2.05) is 0 Å². The first kappa shape index (κ1) is 81.2. The highest BCUT2D eigenvalue weighted by molar-refractivity contribution is 7.47. The SMILES string of the molecule is CCCCCCCCCCCCCCC(=O)OCC(COP(=O)(O)OC1C(OC2OC(CO)C(O)C(O)C2O)C(O)C(O)C(O)C1OC1OC(COC(=O)CCCCCCCCCCCCC)C(O)C(O)C1O)OC(=O)CCCCCCCCCCCCC. The number of rotatable bonds is 52. The van der Waals surface area contributed by atoms with Gasteiger partial charge in [0.25, 0.3) is 0 Å². The Morgan fingerprint density at radius 1 is 0.393 bits per heavy atom. The van der Waals surface area contributed by atoms with E-state index in [1.54, 1.807) is 0 Å². The Labute approximate surface area is 530 Å². The Balaban J connectivity index is 1.78. The number of unbranched alkanes of at least 4 members (excludes halogenated alkanes) is 31. The molecule has 1 aliphatic carbocycles. The summed E-state index contributed by atoms with van der Waals surface area (Å²) in [6.07, 6.45) is 0.857. The average Bonchev–Trinajstić information content (AvgIpc) is 1.03. The van der Waals surface area contributed by atoms with Crippen LogP contribution in [0.5, 0.6) is 0 Å². The fraction of sp³-hybridized carbons (Fsp3) is 0.953. The minimum absolute atomic E-state index is 0.0326. The molecule has 2 aliphatic heterocycles. The van der Waals surface area contributed by atoms with Crippen molar-refractivity contribution in [2.75, 3.05) is 26.4 Å². The van der Waals surface area contributed by atoms with E-state index in [4.69, 9.17) is 42.2 Å². The summed E-state index contributed by atoms with van der Waals surface area (Å²) in [4.78, 5) is 50.7. The molecule has 524 valence electrons. The minimum Gasteiger partial charge on any atom is -0.463 e. The number of esters is 3. The van der Waals surface area contributed by atoms with Crippen LogP contribution in [0.15, 0.2) is 0 Å².